The van der Waals surface area contributed by atoms with Crippen molar-refractivity contribution in [3.63, 3.8) is 0 Å². The van der Waals surface area contributed by atoms with Crippen molar-refractivity contribution in [1.82, 2.24) is 5.32 Å². The highest BCUT2D eigenvalue weighted by Crippen LogP contribution is 2.13. The molecule has 1 rings (SSSR count). The smallest absolute Gasteiger partial charge is 0.176 e. The van der Waals surface area contributed by atoms with Gasteiger partial charge in [0, 0.05) is 11.6 Å². The van der Waals surface area contributed by atoms with Crippen LogP contribution in [0.2, 0.25) is 0 Å². The van der Waals surface area contributed by atoms with E-state index in [4.69, 9.17) is 0 Å². The minimum Gasteiger partial charge on any atom is -0.303 e. The van der Waals surface area contributed by atoms with Crippen molar-refractivity contribution in [2.24, 2.45) is 0 Å². The normalized spacial score (nSPS) is 12.5. The Morgan fingerprint density at radius 2 is 1.37 bits per heavy atom. The van der Waals surface area contributed by atoms with Gasteiger partial charge in [0.2, 0.25) is 0 Å². The molecule has 0 saturated carbocycles. The molecule has 0 aromatic heterocycles. The molecule has 0 radical (unpaired) electrons. The third-order valence-electron chi connectivity index (χ3n) is 5.81. The van der Waals surface area contributed by atoms with Gasteiger partial charge in [0.25, 0.3) is 0 Å². The topological polar surface area (TPSA) is 29.1 Å². The maximum atomic E-state index is 12.3. The van der Waals surface area contributed by atoms with Gasteiger partial charge in [0.1, 0.15) is 0 Å². The standard InChI is InChI=1S/C28H47NO/c1-3-5-6-7-8-9-10-11-12-13-14-15-16-20-24-27(21-4-2)29-25-28(30)26-22-18-17-19-23-26/h17-20,22-24,27,29H,3-16,21,25H2,1-2H3/t27-/m0/s1. The fraction of sp³-hybridized carbons (Fsp3) is 0.679. The number of Topliss-reactive ketones (excluding diaryl/α,β-unsaturated/α-hetero) is 1. The van der Waals surface area contributed by atoms with E-state index in [1.807, 2.05) is 30.3 Å². The molecule has 0 spiro atoms. The van der Waals surface area contributed by atoms with E-state index in [1.54, 1.807) is 0 Å². The highest BCUT2D eigenvalue weighted by atomic mass is 16.1. The summed E-state index contributed by atoms with van der Waals surface area (Å²) in [7, 11) is 0. The Morgan fingerprint density at radius 3 is 1.93 bits per heavy atom. The van der Waals surface area contributed by atoms with E-state index < -0.39 is 0 Å². The Kier molecular flexibility index (Phi) is 17.3. The number of rotatable bonds is 20. The minimum atomic E-state index is 0.172. The molecule has 1 aromatic carbocycles. The number of benzene rings is 1. The van der Waals surface area contributed by atoms with Gasteiger partial charge in [0.05, 0.1) is 6.54 Å². The Balaban J connectivity index is 2.03. The molecule has 1 N–H and O–H groups in total. The van der Waals surface area contributed by atoms with Crippen LogP contribution in [-0.4, -0.2) is 18.4 Å². The summed E-state index contributed by atoms with van der Waals surface area (Å²) >= 11 is 0. The van der Waals surface area contributed by atoms with Crippen molar-refractivity contribution in [3.8, 4) is 0 Å². The molecule has 1 atom stereocenters. The van der Waals surface area contributed by atoms with Crippen LogP contribution in [0.15, 0.2) is 42.5 Å². The van der Waals surface area contributed by atoms with E-state index in [0.717, 1.165) is 24.8 Å². The van der Waals surface area contributed by atoms with Crippen LogP contribution in [-0.2, 0) is 0 Å². The zero-order valence-electron chi connectivity index (χ0n) is 19.8. The van der Waals surface area contributed by atoms with Gasteiger partial charge in [-0.2, -0.15) is 0 Å². The molecule has 0 aliphatic heterocycles. The van der Waals surface area contributed by atoms with Crippen LogP contribution >= 0.6 is 0 Å². The van der Waals surface area contributed by atoms with E-state index in [9.17, 15) is 4.79 Å². The highest BCUT2D eigenvalue weighted by Gasteiger charge is 2.08. The summed E-state index contributed by atoms with van der Waals surface area (Å²) in [5.41, 5.74) is 0.792. The maximum Gasteiger partial charge on any atom is 0.176 e. The summed E-state index contributed by atoms with van der Waals surface area (Å²) in [4.78, 5) is 12.3. The van der Waals surface area contributed by atoms with E-state index in [0.29, 0.717) is 12.6 Å². The molecule has 0 amide bonds. The molecule has 1 aromatic rings. The summed E-state index contributed by atoms with van der Waals surface area (Å²) in [6.45, 7) is 4.90. The van der Waals surface area contributed by atoms with Crippen molar-refractivity contribution in [1.29, 1.82) is 0 Å². The first-order chi connectivity index (χ1) is 14.8. The number of hydrogen-bond acceptors (Lipinski definition) is 2. The van der Waals surface area contributed by atoms with Crippen LogP contribution in [0.3, 0.4) is 0 Å². The van der Waals surface area contributed by atoms with Crippen LogP contribution < -0.4 is 5.32 Å². The largest absolute Gasteiger partial charge is 0.303 e. The van der Waals surface area contributed by atoms with E-state index in [1.165, 1.54) is 77.0 Å². The van der Waals surface area contributed by atoms with Crippen LogP contribution in [0, 0.1) is 0 Å². The van der Waals surface area contributed by atoms with Crippen LogP contribution in [0.1, 0.15) is 121 Å². The van der Waals surface area contributed by atoms with Crippen molar-refractivity contribution in [2.45, 2.75) is 116 Å². The minimum absolute atomic E-state index is 0.172. The molecule has 170 valence electrons. The van der Waals surface area contributed by atoms with E-state index in [2.05, 4.69) is 31.3 Å². The van der Waals surface area contributed by atoms with E-state index in [-0.39, 0.29) is 5.78 Å². The number of allylic oxidation sites excluding steroid dienone is 1. The summed E-state index contributed by atoms with van der Waals surface area (Å²) in [6.07, 6.45) is 24.7. The molecule has 0 fully saturated rings. The van der Waals surface area contributed by atoms with Gasteiger partial charge in [0.15, 0.2) is 5.78 Å². The molecule has 2 nitrogen and oxygen atoms in total. The number of unbranched alkanes of at least 4 members (excludes halogenated alkanes) is 12. The SMILES string of the molecule is CCCCCCCCCCCCCCC=C[C@H](CCC)NCC(=O)c1ccccc1. The monoisotopic (exact) mass is 413 g/mol. The molecular formula is C28H47NO. The van der Waals surface area contributed by atoms with Gasteiger partial charge >= 0.3 is 0 Å². The predicted octanol–water partition coefficient (Wildman–Crippen LogP) is 8.28. The van der Waals surface area contributed by atoms with Crippen LogP contribution in [0.25, 0.3) is 0 Å². The maximum absolute atomic E-state index is 12.3. The molecule has 0 aliphatic carbocycles. The quantitative estimate of drug-likeness (QED) is 0.132. The first-order valence-corrected chi connectivity index (χ1v) is 12.8. The number of nitrogens with one attached hydrogen (secondary N) is 1. The van der Waals surface area contributed by atoms with Gasteiger partial charge < -0.3 is 5.32 Å². The Labute approximate surface area is 186 Å². The first kappa shape index (κ1) is 26.6. The predicted molar refractivity (Wildman–Crippen MR) is 132 cm³/mol. The third-order valence-corrected chi connectivity index (χ3v) is 5.81. The first-order valence-electron chi connectivity index (χ1n) is 12.8. The van der Waals surface area contributed by atoms with Crippen molar-refractivity contribution in [2.75, 3.05) is 6.54 Å². The molecule has 0 aliphatic rings. The second-order valence-corrected chi connectivity index (χ2v) is 8.67. The Morgan fingerprint density at radius 1 is 0.800 bits per heavy atom. The molecule has 0 bridgehead atoms. The van der Waals surface area contributed by atoms with E-state index >= 15 is 0 Å². The van der Waals surface area contributed by atoms with Crippen LogP contribution in [0.5, 0.6) is 0 Å². The average molecular weight is 414 g/mol. The molecule has 2 heteroatoms. The third kappa shape index (κ3) is 14.6. The lowest BCUT2D eigenvalue weighted by Gasteiger charge is -2.13. The summed E-state index contributed by atoms with van der Waals surface area (Å²) in [6, 6.07) is 9.88. The summed E-state index contributed by atoms with van der Waals surface area (Å²) in [5, 5.41) is 3.43. The lowest BCUT2D eigenvalue weighted by molar-refractivity contribution is 0.0988. The summed E-state index contributed by atoms with van der Waals surface area (Å²) in [5.74, 6) is 0.172. The number of ketones is 1. The number of carbonyl (C=O) groups is 1. The Bertz CT molecular complexity index is 537. The van der Waals surface area contributed by atoms with Gasteiger partial charge in [-0.15, -0.1) is 0 Å². The van der Waals surface area contributed by atoms with Gasteiger partial charge in [-0.05, 0) is 19.3 Å². The molecule has 0 heterocycles. The second-order valence-electron chi connectivity index (χ2n) is 8.67. The molecular weight excluding hydrogens is 366 g/mol. The van der Waals surface area contributed by atoms with Gasteiger partial charge in [-0.3, -0.25) is 4.79 Å². The zero-order chi connectivity index (χ0) is 21.7. The lowest BCUT2D eigenvalue weighted by atomic mass is 10.0. The molecule has 30 heavy (non-hydrogen) atoms. The second kappa shape index (κ2) is 19.5. The zero-order valence-corrected chi connectivity index (χ0v) is 19.8. The molecule has 0 unspecified atom stereocenters. The van der Waals surface area contributed by atoms with Crippen molar-refractivity contribution >= 4 is 5.78 Å². The van der Waals surface area contributed by atoms with Gasteiger partial charge in [-0.25, -0.2) is 0 Å². The fourth-order valence-electron chi connectivity index (χ4n) is 3.89. The lowest BCUT2D eigenvalue weighted by Crippen LogP contribution is -2.32. The van der Waals surface area contributed by atoms with Gasteiger partial charge in [-0.1, -0.05) is 133 Å². The number of hydrogen-bond donors (Lipinski definition) is 1. The van der Waals surface area contributed by atoms with Crippen LogP contribution in [0.4, 0.5) is 0 Å². The van der Waals surface area contributed by atoms with Crippen molar-refractivity contribution in [3.05, 3.63) is 48.0 Å². The molecule has 0 saturated heterocycles. The average Bonchev–Trinajstić information content (AvgIpc) is 2.78. The Hall–Kier alpha value is -1.41. The number of carbonyl (C=O) groups excluding carboxylic acids is 1. The summed E-state index contributed by atoms with van der Waals surface area (Å²) < 4.78 is 0. The highest BCUT2D eigenvalue weighted by molar-refractivity contribution is 5.97. The van der Waals surface area contributed by atoms with Crippen molar-refractivity contribution < 1.29 is 4.79 Å². The fourth-order valence-corrected chi connectivity index (χ4v) is 3.89.